The summed E-state index contributed by atoms with van der Waals surface area (Å²) < 4.78 is 40.0. The van der Waals surface area contributed by atoms with Crippen molar-refractivity contribution in [1.29, 1.82) is 0 Å². The zero-order chi connectivity index (χ0) is 12.4. The van der Waals surface area contributed by atoms with E-state index in [4.69, 9.17) is 0 Å². The maximum Gasteiger partial charge on any atom is 0.149 e. The summed E-state index contributed by atoms with van der Waals surface area (Å²) in [4.78, 5) is 1.58. The van der Waals surface area contributed by atoms with Gasteiger partial charge in [-0.2, -0.15) is 0 Å². The molecule has 0 spiro atoms. The first-order valence-corrected chi connectivity index (χ1v) is 5.67. The van der Waals surface area contributed by atoms with E-state index in [9.17, 15) is 13.3 Å². The Morgan fingerprint density at radius 1 is 1.18 bits per heavy atom. The number of anilines is 1. The van der Waals surface area contributed by atoms with Crippen molar-refractivity contribution in [3.63, 3.8) is 0 Å². The third kappa shape index (κ3) is 2.54. The molecule has 2 nitrogen and oxygen atoms in total. The molecule has 1 fully saturated rings. The Kier molecular flexibility index (Phi) is 3.57. The van der Waals surface area contributed by atoms with E-state index < -0.39 is 11.6 Å². The molecule has 1 heterocycles. The highest BCUT2D eigenvalue weighted by molar-refractivity contribution is 5.49. The Bertz CT molecular complexity index is 369. The molecule has 1 aliphatic rings. The van der Waals surface area contributed by atoms with Crippen LogP contribution in [0.1, 0.15) is 12.8 Å². The first kappa shape index (κ1) is 12.2. The van der Waals surface area contributed by atoms with Crippen LogP contribution in [-0.4, -0.2) is 31.3 Å². The Balaban J connectivity index is 2.16. The molecule has 0 amide bonds. The van der Waals surface area contributed by atoms with E-state index in [1.54, 1.807) is 11.9 Å². The summed E-state index contributed by atoms with van der Waals surface area (Å²) in [5.41, 5.74) is -0.0233. The second-order valence-electron chi connectivity index (χ2n) is 4.32. The van der Waals surface area contributed by atoms with Crippen molar-refractivity contribution in [1.82, 2.24) is 5.12 Å². The number of nitrogens with zero attached hydrogens (tertiary/aromatic N) is 2. The number of piperidine rings is 1. The van der Waals surface area contributed by atoms with Gasteiger partial charge in [-0.25, -0.2) is 8.78 Å². The average Bonchev–Trinajstić information content (AvgIpc) is 2.29. The van der Waals surface area contributed by atoms with Gasteiger partial charge in [0.15, 0.2) is 0 Å². The molecular formula is C12H15F3N2. The zero-order valence-corrected chi connectivity index (χ0v) is 9.67. The van der Waals surface area contributed by atoms with Gasteiger partial charge in [-0.05, 0) is 25.0 Å². The fraction of sp³-hybridized carbons (Fsp3) is 0.500. The first-order valence-electron chi connectivity index (χ1n) is 5.67. The number of hydrogen-bond acceptors (Lipinski definition) is 2. The standard InChI is InChI=1S/C12H15F3N2/c1-16(9-5-7-17(15)8-6-9)12-10(13)3-2-4-11(12)14/h2-4,9H,5-8H2,1H3. The van der Waals surface area contributed by atoms with Gasteiger partial charge < -0.3 is 4.90 Å². The number of para-hydroxylation sites is 1. The predicted molar refractivity (Wildman–Crippen MR) is 60.5 cm³/mol. The molecule has 1 aliphatic heterocycles. The molecule has 0 saturated carbocycles. The fourth-order valence-corrected chi connectivity index (χ4v) is 2.23. The van der Waals surface area contributed by atoms with Crippen LogP contribution < -0.4 is 4.90 Å². The molecule has 94 valence electrons. The molecule has 0 aliphatic carbocycles. The summed E-state index contributed by atoms with van der Waals surface area (Å²) in [5, 5.41) is 0.738. The van der Waals surface area contributed by atoms with Crippen LogP contribution >= 0.6 is 0 Å². The molecule has 2 rings (SSSR count). The third-order valence-corrected chi connectivity index (χ3v) is 3.25. The highest BCUT2D eigenvalue weighted by Gasteiger charge is 2.25. The molecule has 0 atom stereocenters. The van der Waals surface area contributed by atoms with E-state index in [1.165, 1.54) is 18.2 Å². The topological polar surface area (TPSA) is 6.48 Å². The SMILES string of the molecule is CN(c1c(F)cccc1F)C1CCN(F)CC1. The van der Waals surface area contributed by atoms with Crippen molar-refractivity contribution in [2.75, 3.05) is 25.0 Å². The van der Waals surface area contributed by atoms with Crippen LogP contribution in [0.15, 0.2) is 18.2 Å². The second-order valence-corrected chi connectivity index (χ2v) is 4.32. The van der Waals surface area contributed by atoms with Crippen LogP contribution in [0.25, 0.3) is 0 Å². The highest BCUT2D eigenvalue weighted by Crippen LogP contribution is 2.27. The monoisotopic (exact) mass is 244 g/mol. The minimum atomic E-state index is -0.574. The smallest absolute Gasteiger partial charge is 0.149 e. The van der Waals surface area contributed by atoms with Crippen LogP contribution in [0.4, 0.5) is 18.9 Å². The van der Waals surface area contributed by atoms with Gasteiger partial charge in [-0.15, -0.1) is 9.60 Å². The molecule has 0 bridgehead atoms. The first-order chi connectivity index (χ1) is 8.09. The quantitative estimate of drug-likeness (QED) is 0.738. The van der Waals surface area contributed by atoms with Gasteiger partial charge in [0, 0.05) is 26.2 Å². The summed E-state index contributed by atoms with van der Waals surface area (Å²) in [7, 11) is 1.65. The van der Waals surface area contributed by atoms with Gasteiger partial charge in [0.2, 0.25) is 0 Å². The lowest BCUT2D eigenvalue weighted by molar-refractivity contribution is 0.00104. The van der Waals surface area contributed by atoms with Crippen molar-refractivity contribution in [3.8, 4) is 0 Å². The summed E-state index contributed by atoms with van der Waals surface area (Å²) in [6, 6.07) is 3.79. The molecule has 0 unspecified atom stereocenters. The van der Waals surface area contributed by atoms with E-state index in [-0.39, 0.29) is 11.7 Å². The summed E-state index contributed by atoms with van der Waals surface area (Å²) >= 11 is 0. The van der Waals surface area contributed by atoms with Gasteiger partial charge in [0.1, 0.15) is 17.3 Å². The Hall–Kier alpha value is -1.23. The van der Waals surface area contributed by atoms with Crippen molar-refractivity contribution < 1.29 is 13.3 Å². The number of halogens is 3. The van der Waals surface area contributed by atoms with Crippen molar-refractivity contribution in [2.45, 2.75) is 18.9 Å². The molecule has 0 N–H and O–H groups in total. The van der Waals surface area contributed by atoms with Crippen LogP contribution in [0.2, 0.25) is 0 Å². The van der Waals surface area contributed by atoms with Gasteiger partial charge in [-0.3, -0.25) is 0 Å². The van der Waals surface area contributed by atoms with Gasteiger partial charge in [0.05, 0.1) is 0 Å². The summed E-state index contributed by atoms with van der Waals surface area (Å²) in [5.74, 6) is -1.15. The normalized spacial score (nSPS) is 18.4. The molecule has 17 heavy (non-hydrogen) atoms. The lowest BCUT2D eigenvalue weighted by Crippen LogP contribution is -2.41. The predicted octanol–water partition coefficient (Wildman–Crippen LogP) is 2.75. The van der Waals surface area contributed by atoms with Gasteiger partial charge >= 0.3 is 0 Å². The zero-order valence-electron chi connectivity index (χ0n) is 9.67. The van der Waals surface area contributed by atoms with E-state index in [0.717, 1.165) is 5.12 Å². The maximum absolute atomic E-state index is 13.6. The minimum Gasteiger partial charge on any atom is -0.367 e. The van der Waals surface area contributed by atoms with Crippen LogP contribution in [0.5, 0.6) is 0 Å². The molecule has 5 heteroatoms. The van der Waals surface area contributed by atoms with E-state index in [0.29, 0.717) is 25.9 Å². The largest absolute Gasteiger partial charge is 0.367 e. The van der Waals surface area contributed by atoms with Crippen LogP contribution in [0, 0.1) is 11.6 Å². The van der Waals surface area contributed by atoms with Crippen LogP contribution in [-0.2, 0) is 0 Å². The van der Waals surface area contributed by atoms with Gasteiger partial charge in [0.25, 0.3) is 0 Å². The third-order valence-electron chi connectivity index (χ3n) is 3.25. The average molecular weight is 244 g/mol. The Morgan fingerprint density at radius 3 is 2.24 bits per heavy atom. The number of hydrogen-bond donors (Lipinski definition) is 0. The Labute approximate surface area is 98.6 Å². The summed E-state index contributed by atoms with van der Waals surface area (Å²) in [6.07, 6.45) is 1.14. The molecular weight excluding hydrogens is 229 g/mol. The fourth-order valence-electron chi connectivity index (χ4n) is 2.23. The lowest BCUT2D eigenvalue weighted by atomic mass is 10.0. The molecule has 1 aromatic rings. The molecule has 0 aromatic heterocycles. The van der Waals surface area contributed by atoms with E-state index >= 15 is 0 Å². The summed E-state index contributed by atoms with van der Waals surface area (Å²) in [6.45, 7) is 0.621. The maximum atomic E-state index is 13.6. The van der Waals surface area contributed by atoms with Crippen molar-refractivity contribution in [3.05, 3.63) is 29.8 Å². The van der Waals surface area contributed by atoms with Gasteiger partial charge in [-0.1, -0.05) is 6.07 Å². The number of rotatable bonds is 2. The molecule has 0 radical (unpaired) electrons. The minimum absolute atomic E-state index is 0.0200. The number of benzene rings is 1. The highest BCUT2D eigenvalue weighted by atomic mass is 19.2. The molecule has 1 saturated heterocycles. The van der Waals surface area contributed by atoms with E-state index in [2.05, 4.69) is 0 Å². The van der Waals surface area contributed by atoms with E-state index in [1.807, 2.05) is 0 Å². The second kappa shape index (κ2) is 4.96. The lowest BCUT2D eigenvalue weighted by Gasteiger charge is -2.34. The van der Waals surface area contributed by atoms with Crippen molar-refractivity contribution in [2.24, 2.45) is 0 Å². The van der Waals surface area contributed by atoms with Crippen molar-refractivity contribution >= 4 is 5.69 Å². The molecule has 1 aromatic carbocycles. The van der Waals surface area contributed by atoms with Crippen LogP contribution in [0.3, 0.4) is 0 Å². The Morgan fingerprint density at radius 2 is 1.71 bits per heavy atom.